The third kappa shape index (κ3) is 2.97. The molecule has 0 radical (unpaired) electrons. The minimum Gasteiger partial charge on any atom is -0.481 e. The topological polar surface area (TPSA) is 72.6 Å². The molecule has 3 N–H and O–H groups in total. The molecule has 0 aromatic carbocycles. The zero-order valence-electron chi connectivity index (χ0n) is 7.90. The highest BCUT2D eigenvalue weighted by Crippen LogP contribution is 2.24. The summed E-state index contributed by atoms with van der Waals surface area (Å²) < 4.78 is 5.52. The van der Waals surface area contributed by atoms with Gasteiger partial charge in [-0.25, -0.2) is 0 Å². The largest absolute Gasteiger partial charge is 0.481 e. The van der Waals surface area contributed by atoms with E-state index in [1.165, 1.54) is 0 Å². The number of aliphatic carboxylic acids is 1. The van der Waals surface area contributed by atoms with Gasteiger partial charge in [0, 0.05) is 6.54 Å². The lowest BCUT2D eigenvalue weighted by molar-refractivity contribution is -0.142. The highest BCUT2D eigenvalue weighted by atomic mass is 16.5. The predicted octanol–water partition coefficient (Wildman–Crippen LogP) is 0.603. The molecule has 1 rings (SSSR count). The van der Waals surface area contributed by atoms with Crippen molar-refractivity contribution in [1.29, 1.82) is 0 Å². The summed E-state index contributed by atoms with van der Waals surface area (Å²) in [5, 5.41) is 8.76. The van der Waals surface area contributed by atoms with E-state index < -0.39 is 11.9 Å². The van der Waals surface area contributed by atoms with Gasteiger partial charge >= 0.3 is 5.97 Å². The molecule has 1 heterocycles. The van der Waals surface area contributed by atoms with Crippen LogP contribution >= 0.6 is 0 Å². The smallest absolute Gasteiger partial charge is 0.307 e. The van der Waals surface area contributed by atoms with E-state index >= 15 is 0 Å². The maximum atomic E-state index is 10.7. The number of rotatable bonds is 4. The lowest BCUT2D eigenvalue weighted by Crippen LogP contribution is -2.27. The van der Waals surface area contributed by atoms with Gasteiger partial charge in [-0.1, -0.05) is 0 Å². The molecule has 1 aliphatic heterocycles. The van der Waals surface area contributed by atoms with Gasteiger partial charge in [-0.3, -0.25) is 4.79 Å². The Labute approximate surface area is 78.1 Å². The molecule has 1 aliphatic rings. The second-order valence-corrected chi connectivity index (χ2v) is 3.65. The van der Waals surface area contributed by atoms with Gasteiger partial charge < -0.3 is 15.6 Å². The Morgan fingerprint density at radius 1 is 1.69 bits per heavy atom. The van der Waals surface area contributed by atoms with Crippen LogP contribution in [0.4, 0.5) is 0 Å². The first-order valence-electron chi connectivity index (χ1n) is 4.71. The minimum atomic E-state index is -0.814. The van der Waals surface area contributed by atoms with Crippen LogP contribution in [0.3, 0.4) is 0 Å². The molecular formula is C9H17NO3. The zero-order chi connectivity index (χ0) is 9.84. The van der Waals surface area contributed by atoms with Crippen molar-refractivity contribution in [2.45, 2.75) is 38.4 Å². The van der Waals surface area contributed by atoms with Crippen molar-refractivity contribution in [3.05, 3.63) is 0 Å². The minimum absolute atomic E-state index is 0.0969. The van der Waals surface area contributed by atoms with Gasteiger partial charge in [-0.2, -0.15) is 0 Å². The summed E-state index contributed by atoms with van der Waals surface area (Å²) in [5.74, 6) is -1.26. The van der Waals surface area contributed by atoms with Crippen LogP contribution < -0.4 is 5.73 Å². The van der Waals surface area contributed by atoms with Gasteiger partial charge in [-0.15, -0.1) is 0 Å². The predicted molar refractivity (Wildman–Crippen MR) is 48.4 cm³/mol. The average Bonchev–Trinajstić information content (AvgIpc) is 2.46. The van der Waals surface area contributed by atoms with E-state index in [0.717, 1.165) is 12.8 Å². The number of carboxylic acids is 1. The van der Waals surface area contributed by atoms with Crippen molar-refractivity contribution < 1.29 is 14.6 Å². The van der Waals surface area contributed by atoms with E-state index in [4.69, 9.17) is 15.6 Å². The summed E-state index contributed by atoms with van der Waals surface area (Å²) in [6, 6.07) is 0. The first kappa shape index (κ1) is 10.5. The normalized spacial score (nSPS) is 30.3. The van der Waals surface area contributed by atoms with Crippen molar-refractivity contribution in [2.24, 2.45) is 11.7 Å². The molecule has 4 nitrogen and oxygen atoms in total. The van der Waals surface area contributed by atoms with Crippen LogP contribution in [-0.2, 0) is 9.53 Å². The third-order valence-corrected chi connectivity index (χ3v) is 2.50. The Balaban J connectivity index is 2.34. The van der Waals surface area contributed by atoms with Crippen LogP contribution in [0.1, 0.15) is 26.2 Å². The average molecular weight is 187 g/mol. The molecule has 0 aromatic rings. The number of nitrogens with two attached hydrogens (primary N) is 1. The highest BCUT2D eigenvalue weighted by molar-refractivity contribution is 5.70. The SMILES string of the molecule is CC1CCC(CC(CN)C(=O)O)O1. The number of carbonyl (C=O) groups is 1. The number of hydrogen-bond acceptors (Lipinski definition) is 3. The maximum absolute atomic E-state index is 10.7. The van der Waals surface area contributed by atoms with Crippen LogP contribution in [0, 0.1) is 5.92 Å². The van der Waals surface area contributed by atoms with E-state index in [9.17, 15) is 4.79 Å². The molecule has 3 unspecified atom stereocenters. The van der Waals surface area contributed by atoms with E-state index in [-0.39, 0.29) is 18.8 Å². The Kier molecular flexibility index (Phi) is 3.69. The fraction of sp³-hybridized carbons (Fsp3) is 0.889. The lowest BCUT2D eigenvalue weighted by Gasteiger charge is -2.15. The molecule has 3 atom stereocenters. The van der Waals surface area contributed by atoms with E-state index in [0.29, 0.717) is 6.42 Å². The van der Waals surface area contributed by atoms with Crippen LogP contribution in [0.25, 0.3) is 0 Å². The number of hydrogen-bond donors (Lipinski definition) is 2. The van der Waals surface area contributed by atoms with Crippen molar-refractivity contribution in [3.8, 4) is 0 Å². The Morgan fingerprint density at radius 2 is 2.38 bits per heavy atom. The highest BCUT2D eigenvalue weighted by Gasteiger charge is 2.27. The van der Waals surface area contributed by atoms with E-state index in [1.807, 2.05) is 6.92 Å². The third-order valence-electron chi connectivity index (χ3n) is 2.50. The lowest BCUT2D eigenvalue weighted by atomic mass is 10.0. The molecule has 0 aliphatic carbocycles. The van der Waals surface area contributed by atoms with Gasteiger partial charge in [0.15, 0.2) is 0 Å². The summed E-state index contributed by atoms with van der Waals surface area (Å²) >= 11 is 0. The van der Waals surface area contributed by atoms with Crippen molar-refractivity contribution in [3.63, 3.8) is 0 Å². The fourth-order valence-electron chi connectivity index (χ4n) is 1.67. The summed E-state index contributed by atoms with van der Waals surface area (Å²) in [6.45, 7) is 2.21. The fourth-order valence-corrected chi connectivity index (χ4v) is 1.67. The zero-order valence-corrected chi connectivity index (χ0v) is 7.90. The molecule has 1 fully saturated rings. The Bertz CT molecular complexity index is 184. The molecule has 0 bridgehead atoms. The molecule has 13 heavy (non-hydrogen) atoms. The van der Waals surface area contributed by atoms with Crippen LogP contribution in [0.5, 0.6) is 0 Å². The standard InChI is InChI=1S/C9H17NO3/c1-6-2-3-8(13-6)4-7(5-10)9(11)12/h6-8H,2-5,10H2,1H3,(H,11,12). The number of ether oxygens (including phenoxy) is 1. The van der Waals surface area contributed by atoms with Crippen molar-refractivity contribution in [1.82, 2.24) is 0 Å². The molecule has 1 saturated heterocycles. The molecule has 0 spiro atoms. The molecular weight excluding hydrogens is 170 g/mol. The summed E-state index contributed by atoms with van der Waals surface area (Å²) in [6.07, 6.45) is 2.92. The van der Waals surface area contributed by atoms with Crippen LogP contribution in [-0.4, -0.2) is 29.8 Å². The van der Waals surface area contributed by atoms with Gasteiger partial charge in [0.05, 0.1) is 18.1 Å². The van der Waals surface area contributed by atoms with Crippen molar-refractivity contribution in [2.75, 3.05) is 6.54 Å². The molecule has 4 heteroatoms. The molecule has 0 aromatic heterocycles. The second kappa shape index (κ2) is 4.58. The Morgan fingerprint density at radius 3 is 2.77 bits per heavy atom. The van der Waals surface area contributed by atoms with E-state index in [2.05, 4.69) is 0 Å². The molecule has 0 saturated carbocycles. The first-order valence-corrected chi connectivity index (χ1v) is 4.71. The summed E-state index contributed by atoms with van der Waals surface area (Å²) in [7, 11) is 0. The quantitative estimate of drug-likeness (QED) is 0.676. The van der Waals surface area contributed by atoms with Gasteiger partial charge in [0.1, 0.15) is 0 Å². The Hall–Kier alpha value is -0.610. The summed E-state index contributed by atoms with van der Waals surface area (Å²) in [4.78, 5) is 10.7. The van der Waals surface area contributed by atoms with Crippen LogP contribution in [0.15, 0.2) is 0 Å². The van der Waals surface area contributed by atoms with Crippen LogP contribution in [0.2, 0.25) is 0 Å². The van der Waals surface area contributed by atoms with Crippen molar-refractivity contribution >= 4 is 5.97 Å². The molecule has 0 amide bonds. The van der Waals surface area contributed by atoms with Gasteiger partial charge in [0.2, 0.25) is 0 Å². The second-order valence-electron chi connectivity index (χ2n) is 3.65. The maximum Gasteiger partial charge on any atom is 0.307 e. The monoisotopic (exact) mass is 187 g/mol. The first-order chi connectivity index (χ1) is 6.13. The van der Waals surface area contributed by atoms with E-state index in [1.54, 1.807) is 0 Å². The molecule has 76 valence electrons. The van der Waals surface area contributed by atoms with Gasteiger partial charge in [0.25, 0.3) is 0 Å². The summed E-state index contributed by atoms with van der Waals surface area (Å²) in [5.41, 5.74) is 5.35. The van der Waals surface area contributed by atoms with Gasteiger partial charge in [-0.05, 0) is 26.2 Å². The number of carboxylic acid groups (broad SMARTS) is 1.